The van der Waals surface area contributed by atoms with Crippen molar-refractivity contribution in [3.05, 3.63) is 65.9 Å². The van der Waals surface area contributed by atoms with Gasteiger partial charge in [-0.2, -0.15) is 0 Å². The Bertz CT molecular complexity index is 1040. The van der Waals surface area contributed by atoms with Gasteiger partial charge in [0.1, 0.15) is 18.4 Å². The number of aliphatic carboxylic acids is 1. The van der Waals surface area contributed by atoms with E-state index in [1.807, 2.05) is 53.4 Å². The average Bonchev–Trinajstić information content (AvgIpc) is 3.16. The first kappa shape index (κ1) is 20.0. The quantitative estimate of drug-likeness (QED) is 0.656. The molecule has 1 atom stereocenters. The lowest BCUT2D eigenvalue weighted by Gasteiger charge is -2.37. The molecular formula is C23H25N3O4. The number of hydrogen-bond acceptors (Lipinski definition) is 4. The minimum Gasteiger partial charge on any atom is -0.489 e. The summed E-state index contributed by atoms with van der Waals surface area (Å²) in [6.45, 7) is 4.15. The number of amides is 1. The van der Waals surface area contributed by atoms with Crippen LogP contribution in [-0.4, -0.2) is 57.9 Å². The first-order valence-electron chi connectivity index (χ1n) is 10.0. The number of carbonyl (C=O) groups is 2. The standard InChI is InChI=1S/C23H25N3O4/c1-16(27)25-9-11-26(12-10-25)22(23(28)29)20-14-24-21-13-18(7-8-19(20)21)30-15-17-5-3-2-4-6-17/h2-8,13-14,22,24H,9-12,15H2,1H3,(H,28,29)/t22-/m0/s1. The molecule has 30 heavy (non-hydrogen) atoms. The summed E-state index contributed by atoms with van der Waals surface area (Å²) in [7, 11) is 0. The van der Waals surface area contributed by atoms with Crippen LogP contribution in [0.1, 0.15) is 24.1 Å². The minimum atomic E-state index is -0.892. The molecule has 7 nitrogen and oxygen atoms in total. The van der Waals surface area contributed by atoms with Gasteiger partial charge in [-0.1, -0.05) is 30.3 Å². The van der Waals surface area contributed by atoms with Crippen LogP contribution in [0.15, 0.2) is 54.7 Å². The number of benzene rings is 2. The summed E-state index contributed by atoms with van der Waals surface area (Å²) >= 11 is 0. The van der Waals surface area contributed by atoms with Gasteiger partial charge in [0.15, 0.2) is 0 Å². The van der Waals surface area contributed by atoms with Gasteiger partial charge in [0, 0.05) is 61.8 Å². The number of nitrogens with one attached hydrogen (secondary N) is 1. The molecule has 156 valence electrons. The third-order valence-corrected chi connectivity index (χ3v) is 5.59. The molecule has 0 bridgehead atoms. The monoisotopic (exact) mass is 407 g/mol. The molecule has 1 fully saturated rings. The van der Waals surface area contributed by atoms with E-state index in [0.717, 1.165) is 27.8 Å². The van der Waals surface area contributed by atoms with Crippen LogP contribution < -0.4 is 4.74 Å². The van der Waals surface area contributed by atoms with Gasteiger partial charge in [0.25, 0.3) is 0 Å². The lowest BCUT2D eigenvalue weighted by Crippen LogP contribution is -2.50. The Morgan fingerprint density at radius 3 is 2.50 bits per heavy atom. The molecule has 2 heterocycles. The van der Waals surface area contributed by atoms with E-state index in [4.69, 9.17) is 4.74 Å². The van der Waals surface area contributed by atoms with Gasteiger partial charge >= 0.3 is 5.97 Å². The van der Waals surface area contributed by atoms with Crippen molar-refractivity contribution in [3.8, 4) is 5.75 Å². The summed E-state index contributed by atoms with van der Waals surface area (Å²) in [5, 5.41) is 10.8. The van der Waals surface area contributed by atoms with Crippen LogP contribution in [0.2, 0.25) is 0 Å². The highest BCUT2D eigenvalue weighted by atomic mass is 16.5. The lowest BCUT2D eigenvalue weighted by atomic mass is 10.0. The summed E-state index contributed by atoms with van der Waals surface area (Å²) in [6.07, 6.45) is 1.77. The zero-order valence-electron chi connectivity index (χ0n) is 16.9. The predicted octanol–water partition coefficient (Wildman–Crippen LogP) is 3.04. The van der Waals surface area contributed by atoms with E-state index in [2.05, 4.69) is 4.98 Å². The second-order valence-corrected chi connectivity index (χ2v) is 7.51. The summed E-state index contributed by atoms with van der Waals surface area (Å²) in [6, 6.07) is 14.8. The van der Waals surface area contributed by atoms with Crippen molar-refractivity contribution in [3.63, 3.8) is 0 Å². The fraction of sp³-hybridized carbons (Fsp3) is 0.304. The molecule has 0 radical (unpaired) electrons. The highest BCUT2D eigenvalue weighted by Gasteiger charge is 2.32. The highest BCUT2D eigenvalue weighted by Crippen LogP contribution is 2.31. The largest absolute Gasteiger partial charge is 0.489 e. The zero-order valence-corrected chi connectivity index (χ0v) is 16.9. The number of carbonyl (C=O) groups excluding carboxylic acids is 1. The number of hydrogen-bond donors (Lipinski definition) is 2. The Balaban J connectivity index is 1.52. The molecule has 1 saturated heterocycles. The van der Waals surface area contributed by atoms with Crippen molar-refractivity contribution in [2.45, 2.75) is 19.6 Å². The summed E-state index contributed by atoms with van der Waals surface area (Å²) in [5.41, 5.74) is 2.65. The Morgan fingerprint density at radius 2 is 1.83 bits per heavy atom. The molecule has 1 aliphatic heterocycles. The Hall–Kier alpha value is -3.32. The molecule has 7 heteroatoms. The molecule has 3 aromatic rings. The second kappa shape index (κ2) is 8.59. The SMILES string of the molecule is CC(=O)N1CCN([C@H](C(=O)O)c2c[nH]c3cc(OCc4ccccc4)ccc23)CC1. The van der Waals surface area contributed by atoms with Crippen LogP contribution >= 0.6 is 0 Å². The van der Waals surface area contributed by atoms with Crippen LogP contribution in [0.5, 0.6) is 5.75 Å². The van der Waals surface area contributed by atoms with Crippen molar-refractivity contribution in [1.29, 1.82) is 0 Å². The molecular weight excluding hydrogens is 382 g/mol. The first-order valence-corrected chi connectivity index (χ1v) is 10.0. The van der Waals surface area contributed by atoms with Crippen LogP contribution in [-0.2, 0) is 16.2 Å². The lowest BCUT2D eigenvalue weighted by molar-refractivity contribution is -0.144. The average molecular weight is 407 g/mol. The molecule has 0 unspecified atom stereocenters. The van der Waals surface area contributed by atoms with Crippen LogP contribution in [0, 0.1) is 0 Å². The van der Waals surface area contributed by atoms with Gasteiger partial charge in [0.2, 0.25) is 5.91 Å². The van der Waals surface area contributed by atoms with Gasteiger partial charge in [0.05, 0.1) is 0 Å². The molecule has 0 aliphatic carbocycles. The van der Waals surface area contributed by atoms with E-state index >= 15 is 0 Å². The molecule has 2 aromatic carbocycles. The number of H-pyrrole nitrogens is 1. The van der Waals surface area contributed by atoms with E-state index in [1.165, 1.54) is 0 Å². The third kappa shape index (κ3) is 4.16. The van der Waals surface area contributed by atoms with Crippen molar-refractivity contribution in [2.75, 3.05) is 26.2 Å². The van der Waals surface area contributed by atoms with Gasteiger partial charge in [-0.15, -0.1) is 0 Å². The molecule has 4 rings (SSSR count). The highest BCUT2D eigenvalue weighted by molar-refractivity contribution is 5.90. The number of ether oxygens (including phenoxy) is 1. The number of aromatic nitrogens is 1. The molecule has 1 amide bonds. The van der Waals surface area contributed by atoms with Gasteiger partial charge < -0.3 is 19.7 Å². The first-order chi connectivity index (χ1) is 14.5. The number of piperazine rings is 1. The molecule has 1 aromatic heterocycles. The number of nitrogens with zero attached hydrogens (tertiary/aromatic N) is 2. The Kier molecular flexibility index (Phi) is 5.72. The van der Waals surface area contributed by atoms with E-state index in [-0.39, 0.29) is 5.91 Å². The Morgan fingerprint density at radius 1 is 1.10 bits per heavy atom. The van der Waals surface area contributed by atoms with Gasteiger partial charge in [-0.25, -0.2) is 0 Å². The summed E-state index contributed by atoms with van der Waals surface area (Å²) in [5.74, 6) is -0.144. The molecule has 0 spiro atoms. The van der Waals surface area contributed by atoms with Crippen LogP contribution in [0.4, 0.5) is 0 Å². The maximum atomic E-state index is 12.1. The molecule has 2 N–H and O–H groups in total. The van der Waals surface area contributed by atoms with E-state index in [9.17, 15) is 14.7 Å². The maximum Gasteiger partial charge on any atom is 0.325 e. The predicted molar refractivity (Wildman–Crippen MR) is 113 cm³/mol. The fourth-order valence-electron chi connectivity index (χ4n) is 3.97. The van der Waals surface area contributed by atoms with Crippen molar-refractivity contribution >= 4 is 22.8 Å². The normalized spacial score (nSPS) is 15.8. The maximum absolute atomic E-state index is 12.1. The number of carboxylic acids is 1. The van der Waals surface area contributed by atoms with Crippen molar-refractivity contribution in [1.82, 2.24) is 14.8 Å². The number of aromatic amines is 1. The van der Waals surface area contributed by atoms with Crippen LogP contribution in [0.3, 0.4) is 0 Å². The van der Waals surface area contributed by atoms with Crippen molar-refractivity contribution < 1.29 is 19.4 Å². The number of carboxylic acid groups (broad SMARTS) is 1. The smallest absolute Gasteiger partial charge is 0.325 e. The molecule has 1 aliphatic rings. The van der Waals surface area contributed by atoms with E-state index < -0.39 is 12.0 Å². The third-order valence-electron chi connectivity index (χ3n) is 5.59. The molecule has 0 saturated carbocycles. The van der Waals surface area contributed by atoms with Crippen molar-refractivity contribution in [2.24, 2.45) is 0 Å². The van der Waals surface area contributed by atoms with E-state index in [1.54, 1.807) is 18.0 Å². The topological polar surface area (TPSA) is 85.9 Å². The number of rotatable bonds is 6. The van der Waals surface area contributed by atoms with E-state index in [0.29, 0.717) is 32.8 Å². The van der Waals surface area contributed by atoms with Gasteiger partial charge in [-0.05, 0) is 17.7 Å². The second-order valence-electron chi connectivity index (χ2n) is 7.51. The zero-order chi connectivity index (χ0) is 21.1. The van der Waals surface area contributed by atoms with Crippen LogP contribution in [0.25, 0.3) is 10.9 Å². The summed E-state index contributed by atoms with van der Waals surface area (Å²) in [4.78, 5) is 30.5. The fourth-order valence-corrected chi connectivity index (χ4v) is 3.97. The summed E-state index contributed by atoms with van der Waals surface area (Å²) < 4.78 is 5.88. The minimum absolute atomic E-state index is 0.0247. The Labute approximate surface area is 174 Å². The number of fused-ring (bicyclic) bond motifs is 1. The van der Waals surface area contributed by atoms with Gasteiger partial charge in [-0.3, -0.25) is 14.5 Å².